The van der Waals surface area contributed by atoms with Crippen molar-refractivity contribution in [3.63, 3.8) is 0 Å². The molecular weight excluding hydrogens is 646 g/mol. The van der Waals surface area contributed by atoms with Crippen LogP contribution in [-0.4, -0.2) is 125 Å². The molecule has 0 aliphatic carbocycles. The Bertz CT molecular complexity index is 1370. The van der Waals surface area contributed by atoms with Crippen molar-refractivity contribution in [2.24, 2.45) is 10.7 Å². The third-order valence-electron chi connectivity index (χ3n) is 7.94. The van der Waals surface area contributed by atoms with Gasteiger partial charge < -0.3 is 36.3 Å². The van der Waals surface area contributed by atoms with E-state index in [0.717, 1.165) is 0 Å². The summed E-state index contributed by atoms with van der Waals surface area (Å²) in [6.45, 7) is -0.399. The number of ether oxygens (including phenoxy) is 2. The minimum atomic E-state index is -1.26. The number of unbranched alkanes of at least 4 members (excludes halogenated alkanes) is 1. The Hall–Kier alpha value is -4.81. The van der Waals surface area contributed by atoms with Gasteiger partial charge in [-0.3, -0.25) is 39.2 Å². The number of aromatic hydroxyl groups is 1. The van der Waals surface area contributed by atoms with Crippen LogP contribution in [-0.2, 0) is 38.2 Å². The highest BCUT2D eigenvalue weighted by Crippen LogP contribution is 2.21. The van der Waals surface area contributed by atoms with Gasteiger partial charge in [0.1, 0.15) is 30.5 Å². The summed E-state index contributed by atoms with van der Waals surface area (Å²) in [4.78, 5) is 79.1. The number of esters is 1. The van der Waals surface area contributed by atoms with Crippen LogP contribution >= 0.6 is 0 Å². The third kappa shape index (κ3) is 12.0. The predicted molar refractivity (Wildman–Crippen MR) is 170 cm³/mol. The lowest BCUT2D eigenvalue weighted by atomic mass is 10.1. The Morgan fingerprint density at radius 1 is 1.12 bits per heavy atom. The number of hydrogen-bond donors (Lipinski definition) is 7. The number of nitrogens with zero attached hydrogens (tertiary/aromatic N) is 3. The Labute approximate surface area is 282 Å². The maximum atomic E-state index is 13.3. The van der Waals surface area contributed by atoms with E-state index in [1.807, 2.05) is 0 Å². The molecule has 18 heteroatoms. The number of phenolic OH excluding ortho intramolecular Hbond substituents is 1. The van der Waals surface area contributed by atoms with Gasteiger partial charge in [-0.1, -0.05) is 12.1 Å². The van der Waals surface area contributed by atoms with E-state index in [0.29, 0.717) is 35.0 Å². The van der Waals surface area contributed by atoms with Gasteiger partial charge in [-0.2, -0.15) is 0 Å². The quantitative estimate of drug-likeness (QED) is 0.0453. The Morgan fingerprint density at radius 2 is 1.88 bits per heavy atom. The topological polar surface area (TPSA) is 263 Å². The van der Waals surface area contributed by atoms with E-state index in [-0.39, 0.29) is 76.4 Å². The molecule has 0 radical (unpaired) electrons. The molecule has 2 aliphatic heterocycles. The summed E-state index contributed by atoms with van der Waals surface area (Å²) in [7, 11) is 1.24. The van der Waals surface area contributed by atoms with Crippen LogP contribution in [0, 0.1) is 0 Å². The van der Waals surface area contributed by atoms with Gasteiger partial charge in [-0.05, 0) is 57.1 Å². The number of phenols is 1. The lowest BCUT2D eigenvalue weighted by Crippen LogP contribution is -2.56. The van der Waals surface area contributed by atoms with E-state index < -0.39 is 59.7 Å². The van der Waals surface area contributed by atoms with Gasteiger partial charge in [0.05, 0.1) is 12.7 Å². The number of carbonyl (C=O) groups excluding carboxylic acids is 6. The maximum absolute atomic E-state index is 13.3. The fourth-order valence-corrected chi connectivity index (χ4v) is 5.06. The van der Waals surface area contributed by atoms with E-state index in [4.69, 9.17) is 10.5 Å². The Morgan fingerprint density at radius 3 is 2.61 bits per heavy atom. The highest BCUT2D eigenvalue weighted by molar-refractivity contribution is 6.01. The van der Waals surface area contributed by atoms with Crippen LogP contribution in [0.4, 0.5) is 0 Å². The fourth-order valence-electron chi connectivity index (χ4n) is 5.06. The smallest absolute Gasteiger partial charge is 0.305 e. The second kappa shape index (κ2) is 19.3. The van der Waals surface area contributed by atoms with Crippen LogP contribution < -0.4 is 21.7 Å². The molecule has 1 aromatic carbocycles. The number of aliphatic imine (C=N–C) groups is 1. The monoisotopic (exact) mass is 691 g/mol. The van der Waals surface area contributed by atoms with E-state index in [1.165, 1.54) is 13.2 Å². The molecule has 1 saturated heterocycles. The average molecular weight is 692 g/mol. The number of nitrogens with two attached hydrogens (primary N) is 1. The summed E-state index contributed by atoms with van der Waals surface area (Å²) in [6.07, 6.45) is 2.24. The fraction of sp³-hybridized carbons (Fsp3) is 0.581. The van der Waals surface area contributed by atoms with Crippen LogP contribution in [0.5, 0.6) is 5.75 Å². The zero-order valence-corrected chi connectivity index (χ0v) is 27.3. The Kier molecular flexibility index (Phi) is 15.2. The van der Waals surface area contributed by atoms with E-state index >= 15 is 0 Å². The zero-order valence-electron chi connectivity index (χ0n) is 27.3. The van der Waals surface area contributed by atoms with Crippen molar-refractivity contribution >= 4 is 41.4 Å². The van der Waals surface area contributed by atoms with Crippen molar-refractivity contribution < 1.29 is 53.8 Å². The molecule has 0 unspecified atom stereocenters. The summed E-state index contributed by atoms with van der Waals surface area (Å²) < 4.78 is 10.0. The number of benzene rings is 1. The van der Waals surface area contributed by atoms with Crippen molar-refractivity contribution in [2.45, 2.75) is 82.0 Å². The highest BCUT2D eigenvalue weighted by atomic mass is 16.5. The van der Waals surface area contributed by atoms with Crippen LogP contribution in [0.25, 0.3) is 0 Å². The highest BCUT2D eigenvalue weighted by Gasteiger charge is 2.32. The Balaban J connectivity index is 1.58. The summed E-state index contributed by atoms with van der Waals surface area (Å²) in [6, 6.07) is 1.91. The van der Waals surface area contributed by atoms with Gasteiger partial charge in [0, 0.05) is 32.5 Å². The van der Waals surface area contributed by atoms with Gasteiger partial charge in [-0.15, -0.1) is 0 Å². The minimum absolute atomic E-state index is 0.0297. The van der Waals surface area contributed by atoms with E-state index in [9.17, 15) is 44.3 Å². The summed E-state index contributed by atoms with van der Waals surface area (Å²) in [5.74, 6) is -3.77. The van der Waals surface area contributed by atoms with Gasteiger partial charge in [0.25, 0.3) is 5.91 Å². The average Bonchev–Trinajstić information content (AvgIpc) is 3.53. The number of rotatable bonds is 17. The molecule has 8 N–H and O–H groups in total. The predicted octanol–water partition coefficient (Wildman–Crippen LogP) is -0.916. The minimum Gasteiger partial charge on any atom is -0.507 e. The van der Waals surface area contributed by atoms with Crippen LogP contribution in [0.2, 0.25) is 0 Å². The normalized spacial score (nSPS) is 18.7. The maximum Gasteiger partial charge on any atom is 0.305 e. The largest absolute Gasteiger partial charge is 0.507 e. The molecule has 49 heavy (non-hydrogen) atoms. The van der Waals surface area contributed by atoms with Crippen molar-refractivity contribution in [3.8, 4) is 5.75 Å². The second-order valence-electron chi connectivity index (χ2n) is 11.7. The zero-order chi connectivity index (χ0) is 35.9. The molecule has 0 saturated carbocycles. The molecule has 0 bridgehead atoms. The van der Waals surface area contributed by atoms with Gasteiger partial charge >= 0.3 is 5.97 Å². The molecule has 0 aromatic heterocycles. The van der Waals surface area contributed by atoms with Crippen molar-refractivity contribution in [3.05, 3.63) is 29.8 Å². The third-order valence-corrected chi connectivity index (χ3v) is 7.94. The standard InChI is InChI=1S/C31H45N7O11/c1-48-26(41)14-8-13-25(40)37(46)15-6-4-10-21(34-29(44)23-18-49-30(36-23)19-9-2-3-12-24(19)39)28(43)33-17-20(32)27(42)35-22-11-5-7-16-38(47)31(22)45/h2-3,9,12,20-23,39,46-47H,4-8,10-11,13-18,32H2,1H3,(H,33,43)(H,34,44)(H,35,42)/t20-,21-,22-,23-/m0/s1. The molecule has 270 valence electrons. The molecular formula is C31H45N7O11. The van der Waals surface area contributed by atoms with E-state index in [2.05, 4.69) is 25.7 Å². The molecule has 2 aliphatic rings. The lowest BCUT2D eigenvalue weighted by molar-refractivity contribution is -0.167. The van der Waals surface area contributed by atoms with Crippen LogP contribution in [0.15, 0.2) is 29.3 Å². The molecule has 5 amide bonds. The van der Waals surface area contributed by atoms with Crippen LogP contribution in [0.3, 0.4) is 0 Å². The van der Waals surface area contributed by atoms with Gasteiger partial charge in [0.15, 0.2) is 6.04 Å². The number of para-hydroxylation sites is 1. The molecule has 18 nitrogen and oxygen atoms in total. The first-order chi connectivity index (χ1) is 23.4. The van der Waals surface area contributed by atoms with Crippen molar-refractivity contribution in [1.29, 1.82) is 0 Å². The first kappa shape index (κ1) is 38.6. The SMILES string of the molecule is COC(=O)CCCC(=O)N(O)CCCC[C@H](NC(=O)[C@@H]1COC(c2ccccc2O)=N1)C(=O)NC[C@H](N)C(=O)N[C@H]1CCCCN(O)C1=O. The molecule has 1 fully saturated rings. The van der Waals surface area contributed by atoms with Crippen molar-refractivity contribution in [2.75, 3.05) is 33.4 Å². The lowest BCUT2D eigenvalue weighted by Gasteiger charge is -2.23. The molecule has 0 spiro atoms. The summed E-state index contributed by atoms with van der Waals surface area (Å²) in [5, 5.41) is 38.8. The number of methoxy groups -OCH3 is 1. The number of hydroxylamine groups is 4. The second-order valence-corrected chi connectivity index (χ2v) is 11.7. The molecule has 4 atom stereocenters. The first-order valence-corrected chi connectivity index (χ1v) is 16.1. The number of carbonyl (C=O) groups is 6. The molecule has 1 aromatic rings. The van der Waals surface area contributed by atoms with Crippen molar-refractivity contribution in [1.82, 2.24) is 26.1 Å². The first-order valence-electron chi connectivity index (χ1n) is 16.1. The van der Waals surface area contributed by atoms with Gasteiger partial charge in [-0.25, -0.2) is 15.1 Å². The summed E-state index contributed by atoms with van der Waals surface area (Å²) in [5.41, 5.74) is 6.28. The number of nitrogens with one attached hydrogen (secondary N) is 3. The summed E-state index contributed by atoms with van der Waals surface area (Å²) >= 11 is 0. The molecule has 3 rings (SSSR count). The number of amides is 5. The van der Waals surface area contributed by atoms with E-state index in [1.54, 1.807) is 18.2 Å². The number of hydrogen-bond acceptors (Lipinski definition) is 13. The molecule has 2 heterocycles. The van der Waals surface area contributed by atoms with Crippen LogP contribution in [0.1, 0.15) is 63.4 Å². The van der Waals surface area contributed by atoms with Gasteiger partial charge in [0.2, 0.25) is 29.5 Å².